The number of halogens is 1. The SMILES string of the molecule is COc1ccc(C(=O)NN=Cc2ccccc2OCc2ccc(Br)cc2)c(OC)c1. The quantitative estimate of drug-likeness (QED) is 0.380. The van der Waals surface area contributed by atoms with Crippen molar-refractivity contribution < 1.29 is 19.0 Å². The average Bonchev–Trinajstić information content (AvgIpc) is 2.78. The van der Waals surface area contributed by atoms with Crippen LogP contribution >= 0.6 is 15.9 Å². The first kappa shape index (κ1) is 21.4. The summed E-state index contributed by atoms with van der Waals surface area (Å²) in [6, 6.07) is 20.3. The number of methoxy groups -OCH3 is 2. The number of carbonyl (C=O) groups is 1. The van der Waals surface area contributed by atoms with Gasteiger partial charge in [0.1, 0.15) is 23.9 Å². The third kappa shape index (κ3) is 5.61. The maximum absolute atomic E-state index is 12.5. The topological polar surface area (TPSA) is 69.2 Å². The van der Waals surface area contributed by atoms with Gasteiger partial charge in [-0.3, -0.25) is 4.79 Å². The lowest BCUT2D eigenvalue weighted by molar-refractivity contribution is 0.0952. The van der Waals surface area contributed by atoms with E-state index < -0.39 is 0 Å². The molecule has 0 atom stereocenters. The largest absolute Gasteiger partial charge is 0.497 e. The van der Waals surface area contributed by atoms with Gasteiger partial charge in [-0.1, -0.05) is 40.2 Å². The molecule has 0 saturated heterocycles. The van der Waals surface area contributed by atoms with E-state index >= 15 is 0 Å². The fourth-order valence-corrected chi connectivity index (χ4v) is 2.93. The highest BCUT2D eigenvalue weighted by molar-refractivity contribution is 9.10. The number of nitrogens with zero attached hydrogens (tertiary/aromatic N) is 1. The van der Waals surface area contributed by atoms with Gasteiger partial charge in [-0.2, -0.15) is 5.10 Å². The number of hydrogen-bond acceptors (Lipinski definition) is 5. The average molecular weight is 469 g/mol. The van der Waals surface area contributed by atoms with Crippen molar-refractivity contribution in [2.24, 2.45) is 5.10 Å². The summed E-state index contributed by atoms with van der Waals surface area (Å²) in [4.78, 5) is 12.5. The Morgan fingerprint density at radius 2 is 1.77 bits per heavy atom. The molecule has 154 valence electrons. The van der Waals surface area contributed by atoms with Crippen LogP contribution in [0.2, 0.25) is 0 Å². The summed E-state index contributed by atoms with van der Waals surface area (Å²) < 4.78 is 17.3. The molecule has 1 amide bonds. The second kappa shape index (κ2) is 10.5. The molecule has 0 saturated carbocycles. The lowest BCUT2D eigenvalue weighted by atomic mass is 10.2. The summed E-state index contributed by atoms with van der Waals surface area (Å²) in [5, 5.41) is 4.07. The van der Waals surface area contributed by atoms with E-state index in [1.807, 2.05) is 48.5 Å². The Bertz CT molecular complexity index is 1040. The molecule has 0 unspecified atom stereocenters. The smallest absolute Gasteiger partial charge is 0.275 e. The predicted molar refractivity (Wildman–Crippen MR) is 120 cm³/mol. The first-order valence-corrected chi connectivity index (χ1v) is 9.91. The molecular weight excluding hydrogens is 448 g/mol. The minimum absolute atomic E-state index is 0.357. The molecule has 0 bridgehead atoms. The van der Waals surface area contributed by atoms with Gasteiger partial charge < -0.3 is 14.2 Å². The van der Waals surface area contributed by atoms with E-state index in [0.717, 1.165) is 15.6 Å². The van der Waals surface area contributed by atoms with E-state index in [-0.39, 0.29) is 5.91 Å². The van der Waals surface area contributed by atoms with Gasteiger partial charge >= 0.3 is 0 Å². The zero-order valence-corrected chi connectivity index (χ0v) is 18.2. The molecule has 30 heavy (non-hydrogen) atoms. The van der Waals surface area contributed by atoms with E-state index in [4.69, 9.17) is 14.2 Å². The van der Waals surface area contributed by atoms with Crippen LogP contribution < -0.4 is 19.6 Å². The van der Waals surface area contributed by atoms with Crippen LogP contribution in [0.15, 0.2) is 76.3 Å². The van der Waals surface area contributed by atoms with Crippen LogP contribution in [0.3, 0.4) is 0 Å². The van der Waals surface area contributed by atoms with E-state index in [1.54, 1.807) is 31.5 Å². The van der Waals surface area contributed by atoms with Crippen LogP contribution in [-0.4, -0.2) is 26.3 Å². The zero-order chi connectivity index (χ0) is 21.3. The van der Waals surface area contributed by atoms with Crippen LogP contribution in [0.25, 0.3) is 0 Å². The summed E-state index contributed by atoms with van der Waals surface area (Å²) >= 11 is 3.42. The third-order valence-corrected chi connectivity index (χ3v) is 4.78. The Morgan fingerprint density at radius 1 is 1.00 bits per heavy atom. The number of carbonyl (C=O) groups excluding carboxylic acids is 1. The summed E-state index contributed by atoms with van der Waals surface area (Å²) in [6.07, 6.45) is 1.55. The van der Waals surface area contributed by atoms with Gasteiger partial charge in [0.2, 0.25) is 0 Å². The van der Waals surface area contributed by atoms with Crippen LogP contribution in [-0.2, 0) is 6.61 Å². The molecule has 7 heteroatoms. The van der Waals surface area contributed by atoms with Crippen molar-refractivity contribution in [3.63, 3.8) is 0 Å². The Kier molecular flexibility index (Phi) is 7.45. The number of rotatable bonds is 8. The van der Waals surface area contributed by atoms with E-state index in [1.165, 1.54) is 7.11 Å². The van der Waals surface area contributed by atoms with Crippen LogP contribution in [0.4, 0.5) is 0 Å². The summed E-state index contributed by atoms with van der Waals surface area (Å²) in [5.74, 6) is 1.28. The molecule has 3 aromatic rings. The summed E-state index contributed by atoms with van der Waals surface area (Å²) in [6.45, 7) is 0.424. The second-order valence-corrected chi connectivity index (χ2v) is 7.13. The van der Waals surface area contributed by atoms with Gasteiger partial charge in [-0.25, -0.2) is 5.43 Å². The van der Waals surface area contributed by atoms with E-state index in [9.17, 15) is 4.79 Å². The summed E-state index contributed by atoms with van der Waals surface area (Å²) in [7, 11) is 3.04. The Balaban J connectivity index is 1.66. The molecule has 0 radical (unpaired) electrons. The first-order valence-electron chi connectivity index (χ1n) is 9.12. The molecule has 0 aromatic heterocycles. The minimum atomic E-state index is -0.390. The minimum Gasteiger partial charge on any atom is -0.497 e. The van der Waals surface area contributed by atoms with Crippen molar-refractivity contribution in [2.75, 3.05) is 14.2 Å². The van der Waals surface area contributed by atoms with Crippen molar-refractivity contribution in [3.05, 3.63) is 87.9 Å². The van der Waals surface area contributed by atoms with Gasteiger partial charge in [-0.05, 0) is 42.0 Å². The molecule has 3 rings (SSSR count). The number of nitrogens with one attached hydrogen (secondary N) is 1. The lowest BCUT2D eigenvalue weighted by Gasteiger charge is -2.10. The number of ether oxygens (including phenoxy) is 3. The van der Waals surface area contributed by atoms with Gasteiger partial charge in [0.15, 0.2) is 0 Å². The molecular formula is C23H21BrN2O4. The van der Waals surface area contributed by atoms with E-state index in [2.05, 4.69) is 26.5 Å². The number of hydrazone groups is 1. The van der Waals surface area contributed by atoms with Crippen LogP contribution in [0.1, 0.15) is 21.5 Å². The van der Waals surface area contributed by atoms with Crippen molar-refractivity contribution in [3.8, 4) is 17.2 Å². The summed E-state index contributed by atoms with van der Waals surface area (Å²) in [5.41, 5.74) is 4.67. The maximum atomic E-state index is 12.5. The monoisotopic (exact) mass is 468 g/mol. The highest BCUT2D eigenvalue weighted by Crippen LogP contribution is 2.24. The molecule has 0 heterocycles. The van der Waals surface area contributed by atoms with Crippen molar-refractivity contribution in [2.45, 2.75) is 6.61 Å². The molecule has 0 spiro atoms. The Hall–Kier alpha value is -3.32. The fourth-order valence-electron chi connectivity index (χ4n) is 2.67. The van der Waals surface area contributed by atoms with Crippen LogP contribution in [0, 0.1) is 0 Å². The fraction of sp³-hybridized carbons (Fsp3) is 0.130. The first-order chi connectivity index (χ1) is 14.6. The van der Waals surface area contributed by atoms with Gasteiger partial charge in [0, 0.05) is 16.1 Å². The molecule has 0 aliphatic carbocycles. The number of amides is 1. The normalized spacial score (nSPS) is 10.6. The van der Waals surface area contributed by atoms with Crippen molar-refractivity contribution in [1.29, 1.82) is 0 Å². The molecule has 0 fully saturated rings. The third-order valence-electron chi connectivity index (χ3n) is 4.25. The highest BCUT2D eigenvalue weighted by atomic mass is 79.9. The van der Waals surface area contributed by atoms with Crippen molar-refractivity contribution >= 4 is 28.1 Å². The Labute approximate surface area is 183 Å². The number of benzene rings is 3. The predicted octanol–water partition coefficient (Wildman–Crippen LogP) is 4.81. The molecule has 0 aliphatic rings. The molecule has 1 N–H and O–H groups in total. The van der Waals surface area contributed by atoms with Gasteiger partial charge in [0.25, 0.3) is 5.91 Å². The van der Waals surface area contributed by atoms with Crippen molar-refractivity contribution in [1.82, 2.24) is 5.43 Å². The maximum Gasteiger partial charge on any atom is 0.275 e. The molecule has 3 aromatic carbocycles. The number of para-hydroxylation sites is 1. The standard InChI is InChI=1S/C23H21BrN2O4/c1-28-19-11-12-20(22(13-19)29-2)23(27)26-25-14-17-5-3-4-6-21(17)30-15-16-7-9-18(24)10-8-16/h3-14H,15H2,1-2H3,(H,26,27). The van der Waals surface area contributed by atoms with Gasteiger partial charge in [0.05, 0.1) is 26.0 Å². The Morgan fingerprint density at radius 3 is 2.50 bits per heavy atom. The lowest BCUT2D eigenvalue weighted by Crippen LogP contribution is -2.18. The highest BCUT2D eigenvalue weighted by Gasteiger charge is 2.12. The van der Waals surface area contributed by atoms with E-state index in [0.29, 0.717) is 29.4 Å². The van der Waals surface area contributed by atoms with Gasteiger partial charge in [-0.15, -0.1) is 0 Å². The molecule has 6 nitrogen and oxygen atoms in total. The number of hydrogen-bond donors (Lipinski definition) is 1. The van der Waals surface area contributed by atoms with Crippen LogP contribution in [0.5, 0.6) is 17.2 Å². The zero-order valence-electron chi connectivity index (χ0n) is 16.6. The second-order valence-electron chi connectivity index (χ2n) is 6.22. The molecule has 0 aliphatic heterocycles.